The summed E-state index contributed by atoms with van der Waals surface area (Å²) in [5.74, 6) is 0.161. The van der Waals surface area contributed by atoms with Crippen LogP contribution in [0.15, 0.2) is 22.9 Å². The second-order valence-corrected chi connectivity index (χ2v) is 8.01. The van der Waals surface area contributed by atoms with Crippen LogP contribution in [0, 0.1) is 5.92 Å². The summed E-state index contributed by atoms with van der Waals surface area (Å²) in [6.45, 7) is 0.612. The third-order valence-corrected chi connectivity index (χ3v) is 6.09. The Balaban J connectivity index is 1.52. The van der Waals surface area contributed by atoms with Crippen molar-refractivity contribution < 1.29 is 9.59 Å². The number of anilines is 1. The first-order valence-corrected chi connectivity index (χ1v) is 10.2. The molecule has 0 spiro atoms. The number of hydrogen-bond acceptors (Lipinski definition) is 6. The van der Waals surface area contributed by atoms with Crippen LogP contribution in [-0.2, 0) is 11.2 Å². The van der Waals surface area contributed by atoms with Crippen molar-refractivity contribution in [3.8, 4) is 0 Å². The molecule has 1 fully saturated rings. The molecule has 0 aromatic carbocycles. The molecule has 1 aliphatic rings. The maximum atomic E-state index is 12.3. The van der Waals surface area contributed by atoms with Gasteiger partial charge in [-0.15, -0.1) is 22.7 Å². The molecule has 1 saturated carbocycles. The number of amides is 2. The molecule has 25 heavy (non-hydrogen) atoms. The van der Waals surface area contributed by atoms with Crippen LogP contribution in [-0.4, -0.2) is 29.4 Å². The summed E-state index contributed by atoms with van der Waals surface area (Å²) in [5.41, 5.74) is 6.48. The Morgan fingerprint density at radius 3 is 2.88 bits per heavy atom. The third kappa shape index (κ3) is 4.87. The molecule has 134 valence electrons. The van der Waals surface area contributed by atoms with E-state index in [2.05, 4.69) is 15.6 Å². The summed E-state index contributed by atoms with van der Waals surface area (Å²) in [5, 5.41) is 10.0. The zero-order valence-electron chi connectivity index (χ0n) is 13.9. The molecule has 2 heterocycles. The van der Waals surface area contributed by atoms with Crippen molar-refractivity contribution in [2.75, 3.05) is 11.9 Å². The number of nitrogens with one attached hydrogen (secondary N) is 2. The molecule has 3 rings (SSSR count). The number of nitrogens with two attached hydrogens (primary N) is 1. The minimum atomic E-state index is -0.173. The van der Waals surface area contributed by atoms with E-state index in [1.165, 1.54) is 29.1 Å². The van der Waals surface area contributed by atoms with Crippen molar-refractivity contribution in [3.63, 3.8) is 0 Å². The van der Waals surface area contributed by atoms with Gasteiger partial charge in [0.15, 0.2) is 5.13 Å². The van der Waals surface area contributed by atoms with Gasteiger partial charge in [-0.05, 0) is 36.8 Å². The molecule has 6 nitrogen and oxygen atoms in total. The van der Waals surface area contributed by atoms with Crippen molar-refractivity contribution in [1.29, 1.82) is 0 Å². The fraction of sp³-hybridized carbons (Fsp3) is 0.471. The normalized spacial score (nSPS) is 20.2. The van der Waals surface area contributed by atoms with Gasteiger partial charge in [0.25, 0.3) is 5.91 Å². The van der Waals surface area contributed by atoms with E-state index in [1.54, 1.807) is 6.07 Å². The van der Waals surface area contributed by atoms with Gasteiger partial charge in [0, 0.05) is 11.4 Å². The fourth-order valence-corrected chi connectivity index (χ4v) is 4.44. The molecule has 4 N–H and O–H groups in total. The van der Waals surface area contributed by atoms with Gasteiger partial charge in [-0.2, -0.15) is 0 Å². The van der Waals surface area contributed by atoms with Crippen molar-refractivity contribution in [2.45, 2.75) is 38.1 Å². The number of aromatic nitrogens is 1. The Kier molecular flexibility index (Phi) is 6.17. The van der Waals surface area contributed by atoms with Gasteiger partial charge in [0.05, 0.1) is 17.0 Å². The Morgan fingerprint density at radius 2 is 2.12 bits per heavy atom. The topological polar surface area (TPSA) is 97.1 Å². The number of carbonyl (C=O) groups is 2. The summed E-state index contributed by atoms with van der Waals surface area (Å²) in [6, 6.07) is 3.76. The summed E-state index contributed by atoms with van der Waals surface area (Å²) in [6.07, 6.45) is 4.62. The Bertz CT molecular complexity index is 714. The zero-order chi connectivity index (χ0) is 17.6. The molecular formula is C17H22N4O2S2. The van der Waals surface area contributed by atoms with Crippen molar-refractivity contribution >= 4 is 39.6 Å². The standard InChI is InChI=1S/C17H22N4O2S2/c18-9-11-4-1-2-5-13(11)20-15(22)8-12-10-25-17(19-12)21-16(23)14-6-3-7-24-14/h3,6-7,10-11,13H,1-2,4-5,8-9,18H2,(H,20,22)(H,19,21,23). The highest BCUT2D eigenvalue weighted by Crippen LogP contribution is 2.24. The maximum absolute atomic E-state index is 12.3. The molecule has 2 unspecified atom stereocenters. The molecule has 0 aliphatic heterocycles. The lowest BCUT2D eigenvalue weighted by molar-refractivity contribution is -0.121. The summed E-state index contributed by atoms with van der Waals surface area (Å²) < 4.78 is 0. The predicted molar refractivity (Wildman–Crippen MR) is 101 cm³/mol. The van der Waals surface area contributed by atoms with Crippen LogP contribution in [0.3, 0.4) is 0 Å². The predicted octanol–water partition coefficient (Wildman–Crippen LogP) is 2.63. The fourth-order valence-electron chi connectivity index (χ4n) is 3.11. The average molecular weight is 379 g/mol. The van der Waals surface area contributed by atoms with Crippen LogP contribution < -0.4 is 16.4 Å². The van der Waals surface area contributed by atoms with E-state index < -0.39 is 0 Å². The minimum absolute atomic E-state index is 0.0354. The third-order valence-electron chi connectivity index (χ3n) is 4.42. The molecular weight excluding hydrogens is 356 g/mol. The van der Waals surface area contributed by atoms with Gasteiger partial charge < -0.3 is 11.1 Å². The number of thiazole rings is 1. The van der Waals surface area contributed by atoms with Gasteiger partial charge in [0.1, 0.15) is 0 Å². The summed E-state index contributed by atoms with van der Waals surface area (Å²) in [7, 11) is 0. The second kappa shape index (κ2) is 8.55. The SMILES string of the molecule is NCC1CCCCC1NC(=O)Cc1csc(NC(=O)c2cccs2)n1. The van der Waals surface area contributed by atoms with Gasteiger partial charge in [-0.3, -0.25) is 14.9 Å². The number of thiophene rings is 1. The van der Waals surface area contributed by atoms with Gasteiger partial charge >= 0.3 is 0 Å². The number of rotatable bonds is 6. The average Bonchev–Trinajstić information content (AvgIpc) is 3.27. The Morgan fingerprint density at radius 1 is 1.28 bits per heavy atom. The second-order valence-electron chi connectivity index (χ2n) is 6.21. The first-order chi connectivity index (χ1) is 12.2. The van der Waals surface area contributed by atoms with E-state index in [0.717, 1.165) is 19.3 Å². The zero-order valence-corrected chi connectivity index (χ0v) is 15.5. The van der Waals surface area contributed by atoms with Crippen LogP contribution in [0.4, 0.5) is 5.13 Å². The van der Waals surface area contributed by atoms with E-state index in [9.17, 15) is 9.59 Å². The number of hydrogen-bond donors (Lipinski definition) is 3. The summed E-state index contributed by atoms with van der Waals surface area (Å²) in [4.78, 5) is 29.3. The highest BCUT2D eigenvalue weighted by molar-refractivity contribution is 7.14. The molecule has 0 radical (unpaired) electrons. The first-order valence-electron chi connectivity index (χ1n) is 8.44. The quantitative estimate of drug-likeness (QED) is 0.720. The maximum Gasteiger partial charge on any atom is 0.267 e. The molecule has 1 aliphatic carbocycles. The number of carbonyl (C=O) groups excluding carboxylic acids is 2. The molecule has 2 atom stereocenters. The van der Waals surface area contributed by atoms with Crippen molar-refractivity contribution in [3.05, 3.63) is 33.5 Å². The van der Waals surface area contributed by atoms with Gasteiger partial charge in [-0.25, -0.2) is 4.98 Å². The van der Waals surface area contributed by atoms with E-state index in [1.807, 2.05) is 16.8 Å². The van der Waals surface area contributed by atoms with Crippen molar-refractivity contribution in [1.82, 2.24) is 10.3 Å². The molecule has 0 bridgehead atoms. The van der Waals surface area contributed by atoms with E-state index >= 15 is 0 Å². The number of nitrogens with zero attached hydrogens (tertiary/aromatic N) is 1. The van der Waals surface area contributed by atoms with Gasteiger partial charge in [-0.1, -0.05) is 18.9 Å². The smallest absolute Gasteiger partial charge is 0.267 e. The lowest BCUT2D eigenvalue weighted by Crippen LogP contribution is -2.45. The largest absolute Gasteiger partial charge is 0.353 e. The highest BCUT2D eigenvalue weighted by atomic mass is 32.1. The minimum Gasteiger partial charge on any atom is -0.353 e. The molecule has 8 heteroatoms. The van der Waals surface area contributed by atoms with E-state index in [4.69, 9.17) is 5.73 Å². The molecule has 2 amide bonds. The van der Waals surface area contributed by atoms with Gasteiger partial charge in [0.2, 0.25) is 5.91 Å². The first kappa shape index (κ1) is 18.0. The van der Waals surface area contributed by atoms with E-state index in [0.29, 0.717) is 28.2 Å². The van der Waals surface area contributed by atoms with Crippen LogP contribution in [0.1, 0.15) is 41.0 Å². The summed E-state index contributed by atoms with van der Waals surface area (Å²) >= 11 is 2.71. The van der Waals surface area contributed by atoms with E-state index in [-0.39, 0.29) is 24.3 Å². The molecule has 2 aromatic rings. The van der Waals surface area contributed by atoms with Crippen molar-refractivity contribution in [2.24, 2.45) is 11.7 Å². The lowest BCUT2D eigenvalue weighted by Gasteiger charge is -2.31. The molecule has 0 saturated heterocycles. The van der Waals surface area contributed by atoms with Crippen LogP contribution in [0.25, 0.3) is 0 Å². The Labute approximate surface area is 154 Å². The Hall–Kier alpha value is -1.77. The van der Waals surface area contributed by atoms with Crippen LogP contribution >= 0.6 is 22.7 Å². The highest BCUT2D eigenvalue weighted by Gasteiger charge is 2.25. The monoisotopic (exact) mass is 378 g/mol. The van der Waals surface area contributed by atoms with Crippen LogP contribution in [0.2, 0.25) is 0 Å². The molecule has 2 aromatic heterocycles. The van der Waals surface area contributed by atoms with Crippen LogP contribution in [0.5, 0.6) is 0 Å². The lowest BCUT2D eigenvalue weighted by atomic mass is 9.84.